The Hall–Kier alpha value is -2.89. The summed E-state index contributed by atoms with van der Waals surface area (Å²) in [7, 11) is -0.639. The second-order valence-corrected chi connectivity index (χ2v) is 18.0. The molecule has 0 radical (unpaired) electrons. The zero-order valence-corrected chi connectivity index (χ0v) is 29.2. The molecule has 0 N–H and O–H groups in total. The first-order chi connectivity index (χ1) is 22.0. The Morgan fingerprint density at radius 2 is 1.17 bits per heavy atom. The van der Waals surface area contributed by atoms with Crippen LogP contribution < -0.4 is 0 Å². The number of rotatable bonds is 15. The lowest BCUT2D eigenvalue weighted by atomic mass is 9.94. The number of esters is 1. The van der Waals surface area contributed by atoms with Crippen molar-refractivity contribution in [3.05, 3.63) is 108 Å². The Bertz CT molecular complexity index is 1320. The molecule has 0 aromatic heterocycles. The largest absolute Gasteiger partial charge is 0.457 e. The fourth-order valence-corrected chi connectivity index (χ4v) is 6.11. The molecule has 9 heteroatoms. The monoisotopic (exact) mass is 650 g/mol. The number of hydrogen-bond acceptors (Lipinski definition) is 8. The Morgan fingerprint density at radius 3 is 1.59 bits per heavy atom. The molecule has 8 nitrogen and oxygen atoms in total. The van der Waals surface area contributed by atoms with Crippen molar-refractivity contribution in [1.82, 2.24) is 0 Å². The first-order valence-corrected chi connectivity index (χ1v) is 18.9. The van der Waals surface area contributed by atoms with Crippen molar-refractivity contribution >= 4 is 14.3 Å². The molecule has 1 aliphatic heterocycles. The molecule has 250 valence electrons. The van der Waals surface area contributed by atoms with Crippen LogP contribution in [0.25, 0.3) is 0 Å². The van der Waals surface area contributed by atoms with E-state index in [2.05, 4.69) is 33.9 Å². The third-order valence-electron chi connectivity index (χ3n) is 8.72. The molecule has 3 aromatic carbocycles. The molecule has 6 atom stereocenters. The van der Waals surface area contributed by atoms with Crippen molar-refractivity contribution in [2.75, 3.05) is 13.7 Å². The summed E-state index contributed by atoms with van der Waals surface area (Å²) in [6.45, 7) is 13.3. The Labute approximate surface area is 275 Å². The molecule has 0 aliphatic carbocycles. The number of carbonyl (C=O) groups is 1. The van der Waals surface area contributed by atoms with Crippen LogP contribution in [0.3, 0.4) is 0 Å². The highest BCUT2D eigenvalue weighted by Crippen LogP contribution is 2.38. The molecule has 3 aromatic rings. The highest BCUT2D eigenvalue weighted by Gasteiger charge is 2.52. The molecule has 4 rings (SSSR count). The number of benzene rings is 3. The third kappa shape index (κ3) is 10.1. The predicted molar refractivity (Wildman–Crippen MR) is 179 cm³/mol. The molecule has 0 amide bonds. The van der Waals surface area contributed by atoms with Crippen LogP contribution in [0.1, 0.15) is 44.4 Å². The Balaban J connectivity index is 1.71. The van der Waals surface area contributed by atoms with Crippen molar-refractivity contribution in [1.29, 1.82) is 0 Å². The van der Waals surface area contributed by atoms with Crippen LogP contribution in [-0.4, -0.2) is 64.8 Å². The minimum Gasteiger partial charge on any atom is -0.457 e. The van der Waals surface area contributed by atoms with Crippen molar-refractivity contribution in [2.45, 2.75) is 102 Å². The standard InChI is InChI=1S/C37H50O8Si/c1-27(38)44-31(26-43-46(6,7)37(2,3)4)32-33(40-23-28-17-11-8-12-18-28)34(41-24-29-19-13-9-14-20-29)35(36(39-5)45-32)42-25-30-21-15-10-16-22-30/h8-22,31-36H,23-26H2,1-7H3/t31-,32+,33+,34-,35+,36-/m0/s1. The van der Waals surface area contributed by atoms with Gasteiger partial charge in [-0.15, -0.1) is 0 Å². The minimum absolute atomic E-state index is 0.0445. The van der Waals surface area contributed by atoms with Gasteiger partial charge in [0.15, 0.2) is 20.7 Å². The van der Waals surface area contributed by atoms with Gasteiger partial charge in [0.1, 0.15) is 24.4 Å². The van der Waals surface area contributed by atoms with E-state index in [9.17, 15) is 4.79 Å². The minimum atomic E-state index is -2.22. The van der Waals surface area contributed by atoms with Crippen molar-refractivity contribution < 1.29 is 37.6 Å². The van der Waals surface area contributed by atoms with E-state index in [1.807, 2.05) is 91.0 Å². The molecular weight excluding hydrogens is 600 g/mol. The molecule has 0 unspecified atom stereocenters. The van der Waals surface area contributed by atoms with Crippen LogP contribution in [0, 0.1) is 0 Å². The summed E-state index contributed by atoms with van der Waals surface area (Å²) < 4.78 is 45.0. The highest BCUT2D eigenvalue weighted by atomic mass is 28.4. The molecule has 46 heavy (non-hydrogen) atoms. The lowest BCUT2D eigenvalue weighted by Gasteiger charge is -2.47. The highest BCUT2D eigenvalue weighted by molar-refractivity contribution is 6.74. The van der Waals surface area contributed by atoms with Gasteiger partial charge in [0.2, 0.25) is 0 Å². The number of methoxy groups -OCH3 is 1. The number of ether oxygens (including phenoxy) is 6. The third-order valence-corrected chi connectivity index (χ3v) is 13.2. The molecule has 1 saturated heterocycles. The molecule has 0 bridgehead atoms. The van der Waals surface area contributed by atoms with Crippen molar-refractivity contribution in [3.63, 3.8) is 0 Å². The van der Waals surface area contributed by atoms with Gasteiger partial charge in [-0.1, -0.05) is 112 Å². The lowest BCUT2D eigenvalue weighted by molar-refractivity contribution is -0.331. The van der Waals surface area contributed by atoms with Gasteiger partial charge < -0.3 is 32.8 Å². The predicted octanol–water partition coefficient (Wildman–Crippen LogP) is 7.07. The summed E-state index contributed by atoms with van der Waals surface area (Å²) in [6.07, 6.45) is -4.42. The zero-order valence-electron chi connectivity index (χ0n) is 28.2. The van der Waals surface area contributed by atoms with Crippen LogP contribution in [0.5, 0.6) is 0 Å². The van der Waals surface area contributed by atoms with Gasteiger partial charge in [-0.25, -0.2) is 0 Å². The van der Waals surface area contributed by atoms with Gasteiger partial charge in [-0.05, 0) is 34.8 Å². The van der Waals surface area contributed by atoms with E-state index in [1.165, 1.54) is 6.92 Å². The second kappa shape index (κ2) is 16.8. The maximum atomic E-state index is 12.5. The van der Waals surface area contributed by atoms with Gasteiger partial charge in [0.05, 0.1) is 26.4 Å². The van der Waals surface area contributed by atoms with Crippen molar-refractivity contribution in [3.8, 4) is 0 Å². The lowest BCUT2D eigenvalue weighted by Crippen LogP contribution is -2.64. The first-order valence-electron chi connectivity index (χ1n) is 15.9. The summed E-state index contributed by atoms with van der Waals surface area (Å²) >= 11 is 0. The molecule has 1 heterocycles. The van der Waals surface area contributed by atoms with E-state index >= 15 is 0 Å². The van der Waals surface area contributed by atoms with Crippen molar-refractivity contribution in [2.24, 2.45) is 0 Å². The van der Waals surface area contributed by atoms with Gasteiger partial charge in [0, 0.05) is 14.0 Å². The maximum Gasteiger partial charge on any atom is 0.303 e. The summed E-state index contributed by atoms with van der Waals surface area (Å²) in [5.74, 6) is -0.438. The van der Waals surface area contributed by atoms with Crippen LogP contribution in [0.4, 0.5) is 0 Å². The summed E-state index contributed by atoms with van der Waals surface area (Å²) in [4.78, 5) is 12.5. The summed E-state index contributed by atoms with van der Waals surface area (Å²) in [6, 6.07) is 29.8. The van der Waals surface area contributed by atoms with E-state index in [1.54, 1.807) is 7.11 Å². The average molecular weight is 651 g/mol. The van der Waals surface area contributed by atoms with Crippen LogP contribution >= 0.6 is 0 Å². The summed E-state index contributed by atoms with van der Waals surface area (Å²) in [5.41, 5.74) is 2.99. The van der Waals surface area contributed by atoms with Gasteiger partial charge in [-0.2, -0.15) is 0 Å². The fourth-order valence-electron chi connectivity index (χ4n) is 5.10. The molecular formula is C37H50O8Si. The normalized spacial score (nSPS) is 22.7. The Kier molecular flexibility index (Phi) is 13.1. The van der Waals surface area contributed by atoms with Gasteiger partial charge in [0.25, 0.3) is 0 Å². The SMILES string of the molecule is CO[C@H]1O[C@H]([C@H](CO[Si](C)(C)C(C)(C)C)OC(C)=O)[C@@H](OCc2ccccc2)[C@H](OCc2ccccc2)[C@H]1OCc1ccccc1. The van der Waals surface area contributed by atoms with Crippen LogP contribution in [-0.2, 0) is 57.5 Å². The summed E-state index contributed by atoms with van der Waals surface area (Å²) in [5, 5.41) is -0.0445. The van der Waals surface area contributed by atoms with E-state index in [4.69, 9.17) is 32.8 Å². The van der Waals surface area contributed by atoms with Crippen LogP contribution in [0.2, 0.25) is 18.1 Å². The fraction of sp³-hybridized carbons (Fsp3) is 0.486. The molecule has 1 aliphatic rings. The molecule has 1 fully saturated rings. The average Bonchev–Trinajstić information content (AvgIpc) is 3.04. The second-order valence-electron chi connectivity index (χ2n) is 13.2. The quantitative estimate of drug-likeness (QED) is 0.128. The Morgan fingerprint density at radius 1 is 0.739 bits per heavy atom. The van der Waals surface area contributed by atoms with Gasteiger partial charge in [-0.3, -0.25) is 4.79 Å². The van der Waals surface area contributed by atoms with E-state index < -0.39 is 51.1 Å². The zero-order chi connectivity index (χ0) is 33.2. The number of carbonyl (C=O) groups excluding carboxylic acids is 1. The van der Waals surface area contributed by atoms with E-state index in [-0.39, 0.29) is 18.3 Å². The van der Waals surface area contributed by atoms with E-state index in [0.29, 0.717) is 13.2 Å². The van der Waals surface area contributed by atoms with E-state index in [0.717, 1.165) is 16.7 Å². The number of hydrogen-bond donors (Lipinski definition) is 0. The first kappa shape index (κ1) is 36.0. The molecule has 0 saturated carbocycles. The van der Waals surface area contributed by atoms with Gasteiger partial charge >= 0.3 is 5.97 Å². The molecule has 0 spiro atoms. The van der Waals surface area contributed by atoms with Crippen LogP contribution in [0.15, 0.2) is 91.0 Å². The smallest absolute Gasteiger partial charge is 0.303 e. The topological polar surface area (TPSA) is 81.7 Å². The maximum absolute atomic E-state index is 12.5.